The number of carbonyl (C=O) groups excluding carboxylic acids is 1. The molecule has 0 aliphatic heterocycles. The van der Waals surface area contributed by atoms with E-state index < -0.39 is 0 Å². The van der Waals surface area contributed by atoms with E-state index in [4.69, 9.17) is 5.73 Å². The van der Waals surface area contributed by atoms with Crippen molar-refractivity contribution in [3.05, 3.63) is 4.88 Å². The lowest BCUT2D eigenvalue weighted by atomic mass is 10.3. The Morgan fingerprint density at radius 2 is 2.17 bits per heavy atom. The average Bonchev–Trinajstić information content (AvgIpc) is 2.71. The molecule has 0 saturated carbocycles. The highest BCUT2D eigenvalue weighted by molar-refractivity contribution is 7.99. The third kappa shape index (κ3) is 2.92. The van der Waals surface area contributed by atoms with Crippen molar-refractivity contribution in [2.24, 2.45) is 0 Å². The Kier molecular flexibility index (Phi) is 5.81. The molecule has 1 rings (SSSR count). The van der Waals surface area contributed by atoms with Gasteiger partial charge in [-0.05, 0) is 19.6 Å². The van der Waals surface area contributed by atoms with Crippen LogP contribution >= 0.6 is 23.1 Å². The molecule has 1 aromatic heterocycles. The highest BCUT2D eigenvalue weighted by atomic mass is 32.2. The van der Waals surface area contributed by atoms with Crippen LogP contribution in [0.5, 0.6) is 0 Å². The molecule has 0 bridgehead atoms. The van der Waals surface area contributed by atoms with Gasteiger partial charge in [0, 0.05) is 20.1 Å². The van der Waals surface area contributed by atoms with E-state index in [1.54, 1.807) is 18.8 Å². The first-order valence-corrected chi connectivity index (χ1v) is 8.07. The molecule has 4 nitrogen and oxygen atoms in total. The largest absolute Gasteiger partial charge is 0.396 e. The summed E-state index contributed by atoms with van der Waals surface area (Å²) < 4.78 is 0. The third-order valence-electron chi connectivity index (χ3n) is 2.68. The molecule has 0 aliphatic carbocycles. The molecule has 0 saturated heterocycles. The van der Waals surface area contributed by atoms with Gasteiger partial charge in [0.15, 0.2) is 0 Å². The molecule has 1 heterocycles. The second-order valence-corrected chi connectivity index (χ2v) is 5.66. The highest BCUT2D eigenvalue weighted by Crippen LogP contribution is 2.43. The van der Waals surface area contributed by atoms with Crippen LogP contribution in [-0.4, -0.2) is 32.3 Å². The summed E-state index contributed by atoms with van der Waals surface area (Å²) >= 11 is 3.09. The Hall–Kier alpha value is -0.880. The van der Waals surface area contributed by atoms with E-state index in [9.17, 15) is 4.79 Å². The summed E-state index contributed by atoms with van der Waals surface area (Å²) in [5, 5.41) is 3.75. The van der Waals surface area contributed by atoms with Gasteiger partial charge in [-0.15, -0.1) is 23.1 Å². The van der Waals surface area contributed by atoms with Gasteiger partial charge >= 0.3 is 0 Å². The predicted octanol–water partition coefficient (Wildman–Crippen LogP) is 2.65. The molecule has 0 aliphatic rings. The molecule has 0 fully saturated rings. The fourth-order valence-electron chi connectivity index (χ4n) is 1.78. The maximum Gasteiger partial charge on any atom is 0.263 e. The number of carbonyl (C=O) groups is 1. The summed E-state index contributed by atoms with van der Waals surface area (Å²) in [5.41, 5.74) is 6.69. The zero-order chi connectivity index (χ0) is 13.7. The van der Waals surface area contributed by atoms with Crippen LogP contribution in [0.25, 0.3) is 0 Å². The van der Waals surface area contributed by atoms with Gasteiger partial charge in [-0.2, -0.15) is 0 Å². The standard InChI is InChI=1S/C12H21N3OS2/c1-5-7-15(6-2)12-10(17-4)8(13)9(18-12)11(16)14-3/h5-7,13H2,1-4H3,(H,14,16). The van der Waals surface area contributed by atoms with Crippen LogP contribution in [0.1, 0.15) is 29.9 Å². The molecule has 1 aromatic rings. The van der Waals surface area contributed by atoms with Crippen molar-refractivity contribution >= 4 is 39.7 Å². The normalized spacial score (nSPS) is 10.4. The molecule has 0 unspecified atom stereocenters. The first-order chi connectivity index (χ1) is 8.60. The number of anilines is 2. The van der Waals surface area contributed by atoms with Gasteiger partial charge in [-0.1, -0.05) is 6.92 Å². The molecule has 0 radical (unpaired) electrons. The van der Waals surface area contributed by atoms with Crippen LogP contribution in [0.3, 0.4) is 0 Å². The molecule has 6 heteroatoms. The lowest BCUT2D eigenvalue weighted by Gasteiger charge is -2.21. The quantitative estimate of drug-likeness (QED) is 0.790. The van der Waals surface area contributed by atoms with Crippen LogP contribution in [0.4, 0.5) is 10.7 Å². The fraction of sp³-hybridized carbons (Fsp3) is 0.583. The summed E-state index contributed by atoms with van der Waals surface area (Å²) in [4.78, 5) is 15.7. The van der Waals surface area contributed by atoms with E-state index in [2.05, 4.69) is 24.1 Å². The van der Waals surface area contributed by atoms with E-state index >= 15 is 0 Å². The number of nitrogens with one attached hydrogen (secondary N) is 1. The van der Waals surface area contributed by atoms with E-state index in [1.807, 2.05) is 6.26 Å². The van der Waals surface area contributed by atoms with Crippen LogP contribution in [-0.2, 0) is 0 Å². The Labute approximate surface area is 117 Å². The number of nitrogen functional groups attached to an aromatic ring is 1. The highest BCUT2D eigenvalue weighted by Gasteiger charge is 2.22. The van der Waals surface area contributed by atoms with Crippen molar-refractivity contribution in [3.63, 3.8) is 0 Å². The van der Waals surface area contributed by atoms with Crippen LogP contribution in [0.15, 0.2) is 4.90 Å². The fourth-order valence-corrected chi connectivity index (χ4v) is 3.99. The summed E-state index contributed by atoms with van der Waals surface area (Å²) in [6.45, 7) is 6.18. The number of rotatable bonds is 6. The van der Waals surface area contributed by atoms with Gasteiger partial charge in [0.05, 0.1) is 10.6 Å². The van der Waals surface area contributed by atoms with E-state index in [-0.39, 0.29) is 5.91 Å². The number of amides is 1. The Morgan fingerprint density at radius 3 is 2.61 bits per heavy atom. The molecule has 18 heavy (non-hydrogen) atoms. The van der Waals surface area contributed by atoms with Gasteiger partial charge in [0.25, 0.3) is 5.91 Å². The van der Waals surface area contributed by atoms with Crippen molar-refractivity contribution in [2.45, 2.75) is 25.2 Å². The zero-order valence-electron chi connectivity index (χ0n) is 11.4. The van der Waals surface area contributed by atoms with Crippen molar-refractivity contribution in [3.8, 4) is 0 Å². The molecule has 0 atom stereocenters. The maximum atomic E-state index is 11.8. The first kappa shape index (κ1) is 15.2. The lowest BCUT2D eigenvalue weighted by Crippen LogP contribution is -2.22. The minimum atomic E-state index is -0.105. The summed E-state index contributed by atoms with van der Waals surface area (Å²) in [6, 6.07) is 0. The van der Waals surface area contributed by atoms with Gasteiger partial charge in [0.2, 0.25) is 0 Å². The van der Waals surface area contributed by atoms with Gasteiger partial charge in [-0.25, -0.2) is 0 Å². The molecule has 0 aromatic carbocycles. The zero-order valence-corrected chi connectivity index (χ0v) is 13.0. The number of nitrogens with two attached hydrogens (primary N) is 1. The number of hydrogen-bond acceptors (Lipinski definition) is 5. The summed E-state index contributed by atoms with van der Waals surface area (Å²) in [6.07, 6.45) is 3.07. The van der Waals surface area contributed by atoms with E-state index in [1.165, 1.54) is 11.3 Å². The molecule has 3 N–H and O–H groups in total. The SMILES string of the molecule is CCCN(CC)c1sc(C(=O)NC)c(N)c1SC. The molecular weight excluding hydrogens is 266 g/mol. The second kappa shape index (κ2) is 6.89. The monoisotopic (exact) mass is 287 g/mol. The molecule has 0 spiro atoms. The first-order valence-electron chi connectivity index (χ1n) is 6.03. The topological polar surface area (TPSA) is 58.4 Å². The van der Waals surface area contributed by atoms with Gasteiger partial charge in [0.1, 0.15) is 9.88 Å². The van der Waals surface area contributed by atoms with Crippen molar-refractivity contribution in [1.29, 1.82) is 0 Å². The second-order valence-electron chi connectivity index (χ2n) is 3.84. The number of nitrogens with zero attached hydrogens (tertiary/aromatic N) is 1. The van der Waals surface area contributed by atoms with Gasteiger partial charge < -0.3 is 16.0 Å². The number of thioether (sulfide) groups is 1. The van der Waals surface area contributed by atoms with E-state index in [0.717, 1.165) is 29.4 Å². The lowest BCUT2D eigenvalue weighted by molar-refractivity contribution is 0.0968. The smallest absolute Gasteiger partial charge is 0.263 e. The maximum absolute atomic E-state index is 11.8. The molecule has 102 valence electrons. The Bertz CT molecular complexity index is 418. The predicted molar refractivity (Wildman–Crippen MR) is 82.1 cm³/mol. The average molecular weight is 287 g/mol. The molecular formula is C12H21N3OS2. The van der Waals surface area contributed by atoms with Gasteiger partial charge in [-0.3, -0.25) is 4.79 Å². The Balaban J connectivity index is 3.22. The summed E-state index contributed by atoms with van der Waals surface area (Å²) in [7, 11) is 1.63. The Morgan fingerprint density at radius 1 is 1.50 bits per heavy atom. The minimum Gasteiger partial charge on any atom is -0.396 e. The van der Waals surface area contributed by atoms with Crippen LogP contribution in [0, 0.1) is 0 Å². The molecule has 1 amide bonds. The van der Waals surface area contributed by atoms with Crippen LogP contribution in [0.2, 0.25) is 0 Å². The summed E-state index contributed by atoms with van der Waals surface area (Å²) in [5.74, 6) is -0.105. The minimum absolute atomic E-state index is 0.105. The van der Waals surface area contributed by atoms with E-state index in [0.29, 0.717) is 10.6 Å². The van der Waals surface area contributed by atoms with Crippen LogP contribution < -0.4 is 16.0 Å². The van der Waals surface area contributed by atoms with Crippen molar-refractivity contribution < 1.29 is 4.79 Å². The number of thiophene rings is 1. The third-order valence-corrected chi connectivity index (χ3v) is 4.90. The van der Waals surface area contributed by atoms with Crippen molar-refractivity contribution in [1.82, 2.24) is 5.32 Å². The number of hydrogen-bond donors (Lipinski definition) is 2. The van der Waals surface area contributed by atoms with Crippen molar-refractivity contribution in [2.75, 3.05) is 37.0 Å².